The van der Waals surface area contributed by atoms with Gasteiger partial charge in [-0.3, -0.25) is 0 Å². The molecule has 2 aromatic carbocycles. The molecule has 40 heavy (non-hydrogen) atoms. The molecule has 1 aliphatic rings. The number of alkyl halides is 4. The maximum absolute atomic E-state index is 14.7. The van der Waals surface area contributed by atoms with Crippen LogP contribution in [0.25, 0.3) is 11.0 Å². The maximum Gasteiger partial charge on any atom is 0.420 e. The second kappa shape index (κ2) is 11.2. The Morgan fingerprint density at radius 1 is 1.10 bits per heavy atom. The Balaban J connectivity index is 1.27. The topological polar surface area (TPSA) is 100 Å². The van der Waals surface area contributed by atoms with Gasteiger partial charge in [0, 0.05) is 30.7 Å². The van der Waals surface area contributed by atoms with Crippen molar-refractivity contribution in [1.29, 1.82) is 0 Å². The number of urea groups is 1. The molecule has 2 aromatic heterocycles. The van der Waals surface area contributed by atoms with Gasteiger partial charge < -0.3 is 30.4 Å². The first kappa shape index (κ1) is 27.5. The lowest BCUT2D eigenvalue weighted by atomic mass is 10.1. The minimum absolute atomic E-state index is 0.0234. The van der Waals surface area contributed by atoms with Crippen molar-refractivity contribution in [1.82, 2.24) is 15.3 Å². The van der Waals surface area contributed by atoms with E-state index in [9.17, 15) is 26.7 Å². The van der Waals surface area contributed by atoms with E-state index in [2.05, 4.69) is 25.9 Å². The molecule has 4 aromatic rings. The molecule has 4 N–H and O–H groups in total. The zero-order valence-electron chi connectivity index (χ0n) is 20.4. The van der Waals surface area contributed by atoms with Crippen LogP contribution in [-0.2, 0) is 6.18 Å². The summed E-state index contributed by atoms with van der Waals surface area (Å²) in [5.41, 5.74) is -1.19. The van der Waals surface area contributed by atoms with Crippen LogP contribution in [-0.4, -0.2) is 41.4 Å². The number of rotatable bonds is 6. The molecular formula is C26H21ClF5N5O3. The van der Waals surface area contributed by atoms with Gasteiger partial charge in [-0.1, -0.05) is 11.6 Å². The van der Waals surface area contributed by atoms with E-state index >= 15 is 0 Å². The number of carbonyl (C=O) groups excluding carboxylic acids is 1. The highest BCUT2D eigenvalue weighted by atomic mass is 35.5. The molecule has 0 radical (unpaired) electrons. The van der Waals surface area contributed by atoms with Crippen LogP contribution in [0, 0.1) is 5.82 Å². The highest BCUT2D eigenvalue weighted by molar-refractivity contribution is 6.36. The number of H-pyrrole nitrogens is 1. The molecule has 8 nitrogen and oxygen atoms in total. The second-order valence-corrected chi connectivity index (χ2v) is 9.27. The average Bonchev–Trinajstić information content (AvgIpc) is 3.29. The van der Waals surface area contributed by atoms with E-state index in [-0.39, 0.29) is 30.1 Å². The summed E-state index contributed by atoms with van der Waals surface area (Å²) in [5, 5.41) is 8.14. The largest absolute Gasteiger partial charge is 0.487 e. The predicted octanol–water partition coefficient (Wildman–Crippen LogP) is 6.89. The van der Waals surface area contributed by atoms with E-state index < -0.39 is 41.6 Å². The van der Waals surface area contributed by atoms with Crippen LogP contribution in [0.2, 0.25) is 5.02 Å². The monoisotopic (exact) mass is 581 g/mol. The predicted molar refractivity (Wildman–Crippen MR) is 138 cm³/mol. The number of hydrogen-bond donors (Lipinski definition) is 4. The Labute approximate surface area is 228 Å². The number of benzene rings is 2. The summed E-state index contributed by atoms with van der Waals surface area (Å²) in [5.74, 6) is -0.991. The summed E-state index contributed by atoms with van der Waals surface area (Å²) < 4.78 is 81.0. The first-order chi connectivity index (χ1) is 19.1. The molecule has 14 heteroatoms. The van der Waals surface area contributed by atoms with Crippen molar-refractivity contribution in [3.63, 3.8) is 0 Å². The van der Waals surface area contributed by atoms with Gasteiger partial charge in [-0.25, -0.2) is 18.6 Å². The lowest BCUT2D eigenvalue weighted by Crippen LogP contribution is -2.44. The van der Waals surface area contributed by atoms with Crippen LogP contribution in [0.4, 0.5) is 38.1 Å². The molecule has 1 saturated heterocycles. The first-order valence-corrected chi connectivity index (χ1v) is 12.4. The molecule has 2 unspecified atom stereocenters. The number of fused-ring (bicyclic) bond motifs is 1. The normalized spacial score (nSPS) is 17.4. The number of nitrogens with one attached hydrogen (secondary N) is 4. The highest BCUT2D eigenvalue weighted by Crippen LogP contribution is 2.39. The Morgan fingerprint density at radius 3 is 2.67 bits per heavy atom. The van der Waals surface area contributed by atoms with E-state index in [4.69, 9.17) is 21.1 Å². The van der Waals surface area contributed by atoms with Crippen LogP contribution < -0.4 is 25.4 Å². The minimum atomic E-state index is -4.84. The van der Waals surface area contributed by atoms with Crippen molar-refractivity contribution in [3.05, 3.63) is 71.3 Å². The van der Waals surface area contributed by atoms with Gasteiger partial charge in [-0.2, -0.15) is 13.2 Å². The summed E-state index contributed by atoms with van der Waals surface area (Å²) in [6.07, 6.45) is -4.14. The van der Waals surface area contributed by atoms with E-state index in [0.717, 1.165) is 12.1 Å². The number of halogens is 6. The number of piperidine rings is 1. The maximum atomic E-state index is 14.7. The number of nitrogens with zero attached hydrogens (tertiary/aromatic N) is 1. The molecule has 2 amide bonds. The summed E-state index contributed by atoms with van der Waals surface area (Å²) in [6, 6.07) is 7.04. The van der Waals surface area contributed by atoms with Gasteiger partial charge in [-0.05, 0) is 49.4 Å². The van der Waals surface area contributed by atoms with Gasteiger partial charge in [0.25, 0.3) is 0 Å². The van der Waals surface area contributed by atoms with Crippen molar-refractivity contribution >= 4 is 40.0 Å². The van der Waals surface area contributed by atoms with Gasteiger partial charge in [0.1, 0.15) is 41.0 Å². The van der Waals surface area contributed by atoms with Gasteiger partial charge in [0.05, 0.1) is 21.7 Å². The number of hydrogen-bond acceptors (Lipinski definition) is 5. The van der Waals surface area contributed by atoms with Crippen LogP contribution >= 0.6 is 11.6 Å². The lowest BCUT2D eigenvalue weighted by Gasteiger charge is -2.28. The Kier molecular flexibility index (Phi) is 7.68. The van der Waals surface area contributed by atoms with Gasteiger partial charge in [-0.15, -0.1) is 0 Å². The molecular weight excluding hydrogens is 561 g/mol. The van der Waals surface area contributed by atoms with Crippen LogP contribution in [0.3, 0.4) is 0 Å². The number of pyridine rings is 1. The van der Waals surface area contributed by atoms with Gasteiger partial charge in [0.15, 0.2) is 0 Å². The zero-order valence-corrected chi connectivity index (χ0v) is 21.2. The van der Waals surface area contributed by atoms with Crippen molar-refractivity contribution in [2.45, 2.75) is 24.9 Å². The Bertz CT molecular complexity index is 1550. The lowest BCUT2D eigenvalue weighted by molar-refractivity contribution is -0.139. The third-order valence-electron chi connectivity index (χ3n) is 6.07. The highest BCUT2D eigenvalue weighted by Gasteiger charge is 2.37. The molecule has 2 atom stereocenters. The van der Waals surface area contributed by atoms with Crippen molar-refractivity contribution in [2.24, 2.45) is 0 Å². The van der Waals surface area contributed by atoms with E-state index in [1.165, 1.54) is 30.6 Å². The molecule has 1 aliphatic heterocycles. The van der Waals surface area contributed by atoms with E-state index in [0.29, 0.717) is 34.4 Å². The first-order valence-electron chi connectivity index (χ1n) is 12.0. The molecule has 0 bridgehead atoms. The molecule has 0 aliphatic carbocycles. The summed E-state index contributed by atoms with van der Waals surface area (Å²) in [4.78, 5) is 19.4. The summed E-state index contributed by atoms with van der Waals surface area (Å²) in [6.45, 7) is 0.384. The number of anilines is 2. The fourth-order valence-corrected chi connectivity index (χ4v) is 4.41. The molecule has 0 saturated carbocycles. The van der Waals surface area contributed by atoms with Crippen LogP contribution in [0.5, 0.6) is 17.2 Å². The molecule has 1 fully saturated rings. The number of carbonyl (C=O) groups is 1. The molecule has 5 rings (SSSR count). The minimum Gasteiger partial charge on any atom is -0.487 e. The molecule has 210 valence electrons. The van der Waals surface area contributed by atoms with Crippen molar-refractivity contribution in [2.75, 3.05) is 23.7 Å². The fraction of sp³-hybridized carbons (Fsp3) is 0.231. The van der Waals surface area contributed by atoms with Gasteiger partial charge in [0.2, 0.25) is 0 Å². The number of ether oxygens (including phenoxy) is 2. The van der Waals surface area contributed by atoms with Crippen molar-refractivity contribution in [3.8, 4) is 17.2 Å². The third kappa shape index (κ3) is 6.05. The smallest absolute Gasteiger partial charge is 0.420 e. The standard InChI is InChI=1S/C26H21ClF5N5O3/c27-16-11-35-24-23(16)22(6-8-34-24)39-14-2-3-19(17(28)10-14)37-25(38)36-13-1-4-20(15(9-13)26(30,31)32)40-21-5-7-33-12-18(21)29/h1-4,6,8-11,18,21,33H,5,7,12H2,(H,34,35)(H2,36,37,38). The quantitative estimate of drug-likeness (QED) is 0.186. The van der Waals surface area contributed by atoms with E-state index in [1.807, 2.05) is 0 Å². The van der Waals surface area contributed by atoms with Crippen LogP contribution in [0.1, 0.15) is 12.0 Å². The Morgan fingerprint density at radius 2 is 1.93 bits per heavy atom. The average molecular weight is 582 g/mol. The van der Waals surface area contributed by atoms with E-state index in [1.54, 1.807) is 6.07 Å². The second-order valence-electron chi connectivity index (χ2n) is 8.87. The van der Waals surface area contributed by atoms with Crippen molar-refractivity contribution < 1.29 is 36.2 Å². The Hall–Kier alpha value is -4.10. The summed E-state index contributed by atoms with van der Waals surface area (Å²) in [7, 11) is 0. The van der Waals surface area contributed by atoms with Crippen LogP contribution in [0.15, 0.2) is 54.9 Å². The molecule has 3 heterocycles. The number of aromatic nitrogens is 2. The third-order valence-corrected chi connectivity index (χ3v) is 6.37. The molecule has 0 spiro atoms. The van der Waals surface area contributed by atoms with Gasteiger partial charge >= 0.3 is 12.2 Å². The number of amides is 2. The fourth-order valence-electron chi connectivity index (χ4n) is 4.17. The summed E-state index contributed by atoms with van der Waals surface area (Å²) >= 11 is 6.15. The number of aromatic amines is 1. The zero-order chi connectivity index (χ0) is 28.4. The SMILES string of the molecule is O=C(Nc1ccc(OC2CCNCC2F)c(C(F)(F)F)c1)Nc1ccc(Oc2ccnc3[nH]cc(Cl)c23)cc1F.